The average molecular weight is 327 g/mol. The van der Waals surface area contributed by atoms with E-state index in [4.69, 9.17) is 10.5 Å². The molecule has 1 aliphatic heterocycles. The summed E-state index contributed by atoms with van der Waals surface area (Å²) in [5.41, 5.74) is 7.48. The first-order chi connectivity index (χ1) is 9.15. The Morgan fingerprint density at radius 2 is 2.37 bits per heavy atom. The summed E-state index contributed by atoms with van der Waals surface area (Å²) < 4.78 is 6.76. The third kappa shape index (κ3) is 4.88. The van der Waals surface area contributed by atoms with Gasteiger partial charge < -0.3 is 15.4 Å². The van der Waals surface area contributed by atoms with Gasteiger partial charge in [-0.2, -0.15) is 0 Å². The molecule has 2 rings (SSSR count). The second-order valence-electron chi connectivity index (χ2n) is 5.29. The van der Waals surface area contributed by atoms with Crippen molar-refractivity contribution in [2.24, 2.45) is 5.73 Å². The van der Waals surface area contributed by atoms with E-state index in [0.29, 0.717) is 6.10 Å². The van der Waals surface area contributed by atoms with E-state index in [9.17, 15) is 0 Å². The quantitative estimate of drug-likeness (QED) is 0.924. The lowest BCUT2D eigenvalue weighted by Gasteiger charge is -2.23. The Hall–Kier alpha value is -0.420. The van der Waals surface area contributed by atoms with E-state index in [1.54, 1.807) is 0 Å². The number of ether oxygens (including phenoxy) is 1. The number of nitrogens with two attached hydrogens (primary N) is 1. The molecule has 2 N–H and O–H groups in total. The Balaban J connectivity index is 1.84. The predicted octanol–water partition coefficient (Wildman–Crippen LogP) is 2.95. The summed E-state index contributed by atoms with van der Waals surface area (Å²) in [5, 5.41) is 0. The minimum absolute atomic E-state index is 0.108. The monoisotopic (exact) mass is 326 g/mol. The summed E-state index contributed by atoms with van der Waals surface area (Å²) >= 11 is 3.49. The van der Waals surface area contributed by atoms with Crippen molar-refractivity contribution in [2.75, 3.05) is 26.2 Å². The minimum atomic E-state index is 0.108. The van der Waals surface area contributed by atoms with Crippen LogP contribution in [0.5, 0.6) is 0 Å². The van der Waals surface area contributed by atoms with Crippen molar-refractivity contribution in [2.45, 2.75) is 31.9 Å². The largest absolute Gasteiger partial charge is 0.377 e. The second-order valence-corrected chi connectivity index (χ2v) is 6.20. The zero-order chi connectivity index (χ0) is 13.7. The lowest BCUT2D eigenvalue weighted by atomic mass is 10.0. The molecule has 0 aromatic heterocycles. The predicted molar refractivity (Wildman–Crippen MR) is 82.2 cm³/mol. The SMILES string of the molecule is CC1CN(CCC(N)c2cccc(Br)c2)CCCO1. The van der Waals surface area contributed by atoms with Crippen LogP contribution in [0, 0.1) is 0 Å². The van der Waals surface area contributed by atoms with Gasteiger partial charge in [0.25, 0.3) is 0 Å². The first-order valence-electron chi connectivity index (χ1n) is 7.00. The van der Waals surface area contributed by atoms with E-state index in [-0.39, 0.29) is 6.04 Å². The lowest BCUT2D eigenvalue weighted by Crippen LogP contribution is -2.32. The number of halogens is 1. The lowest BCUT2D eigenvalue weighted by molar-refractivity contribution is 0.0674. The fourth-order valence-corrected chi connectivity index (χ4v) is 2.93. The molecule has 2 unspecified atom stereocenters. The van der Waals surface area contributed by atoms with Crippen molar-refractivity contribution < 1.29 is 4.74 Å². The molecule has 1 fully saturated rings. The molecule has 106 valence electrons. The molecule has 1 aromatic carbocycles. The highest BCUT2D eigenvalue weighted by molar-refractivity contribution is 9.10. The smallest absolute Gasteiger partial charge is 0.0673 e. The summed E-state index contributed by atoms with van der Waals surface area (Å²) in [6.07, 6.45) is 2.45. The Morgan fingerprint density at radius 3 is 3.16 bits per heavy atom. The van der Waals surface area contributed by atoms with E-state index < -0.39 is 0 Å². The molecule has 0 radical (unpaired) electrons. The standard InChI is InChI=1S/C15H23BrN2O/c1-12-11-18(7-3-9-19-12)8-6-15(17)13-4-2-5-14(16)10-13/h2,4-5,10,12,15H,3,6-9,11,17H2,1H3. The van der Waals surface area contributed by atoms with Crippen molar-refractivity contribution >= 4 is 15.9 Å². The molecule has 1 heterocycles. The van der Waals surface area contributed by atoms with E-state index in [1.807, 2.05) is 12.1 Å². The molecule has 1 aliphatic rings. The van der Waals surface area contributed by atoms with Gasteiger partial charge in [-0.25, -0.2) is 0 Å². The molecule has 0 aliphatic carbocycles. The summed E-state index contributed by atoms with van der Waals surface area (Å²) in [4.78, 5) is 2.47. The molecule has 0 bridgehead atoms. The highest BCUT2D eigenvalue weighted by Crippen LogP contribution is 2.19. The molecule has 19 heavy (non-hydrogen) atoms. The van der Waals surface area contributed by atoms with Gasteiger partial charge in [-0.3, -0.25) is 0 Å². The van der Waals surface area contributed by atoms with Gasteiger partial charge in [0.2, 0.25) is 0 Å². The van der Waals surface area contributed by atoms with Crippen LogP contribution < -0.4 is 5.73 Å². The molecule has 0 spiro atoms. The fourth-order valence-electron chi connectivity index (χ4n) is 2.51. The molecule has 2 atom stereocenters. The van der Waals surface area contributed by atoms with Gasteiger partial charge in [-0.1, -0.05) is 28.1 Å². The van der Waals surface area contributed by atoms with E-state index >= 15 is 0 Å². The normalized spacial score (nSPS) is 23.0. The molecule has 1 saturated heterocycles. The highest BCUT2D eigenvalue weighted by Gasteiger charge is 2.16. The fraction of sp³-hybridized carbons (Fsp3) is 0.600. The molecule has 0 amide bonds. The molecule has 3 nitrogen and oxygen atoms in total. The van der Waals surface area contributed by atoms with Crippen LogP contribution in [-0.2, 0) is 4.74 Å². The maximum atomic E-state index is 6.28. The topological polar surface area (TPSA) is 38.5 Å². The number of hydrogen-bond acceptors (Lipinski definition) is 3. The number of nitrogens with zero attached hydrogens (tertiary/aromatic N) is 1. The summed E-state index contributed by atoms with van der Waals surface area (Å²) in [7, 11) is 0. The highest BCUT2D eigenvalue weighted by atomic mass is 79.9. The minimum Gasteiger partial charge on any atom is -0.377 e. The van der Waals surface area contributed by atoms with Gasteiger partial charge in [-0.05, 0) is 37.5 Å². The van der Waals surface area contributed by atoms with Crippen LogP contribution in [-0.4, -0.2) is 37.2 Å². The van der Waals surface area contributed by atoms with Crippen molar-refractivity contribution in [1.82, 2.24) is 4.90 Å². The molecule has 0 saturated carbocycles. The molecule has 1 aromatic rings. The number of hydrogen-bond donors (Lipinski definition) is 1. The maximum absolute atomic E-state index is 6.28. The summed E-state index contributed by atoms with van der Waals surface area (Å²) in [6, 6.07) is 8.39. The Labute approximate surface area is 124 Å². The average Bonchev–Trinajstić information content (AvgIpc) is 2.60. The second kappa shape index (κ2) is 7.39. The number of benzene rings is 1. The van der Waals surface area contributed by atoms with Gasteiger partial charge >= 0.3 is 0 Å². The van der Waals surface area contributed by atoms with E-state index in [1.165, 1.54) is 5.56 Å². The third-order valence-electron chi connectivity index (χ3n) is 3.57. The van der Waals surface area contributed by atoms with E-state index in [0.717, 1.165) is 43.6 Å². The van der Waals surface area contributed by atoms with Crippen molar-refractivity contribution in [3.63, 3.8) is 0 Å². The first kappa shape index (κ1) is 15.0. The van der Waals surface area contributed by atoms with Crippen molar-refractivity contribution in [1.29, 1.82) is 0 Å². The zero-order valence-corrected chi connectivity index (χ0v) is 13.1. The van der Waals surface area contributed by atoms with Crippen LogP contribution in [0.25, 0.3) is 0 Å². The van der Waals surface area contributed by atoms with Crippen LogP contribution in [0.3, 0.4) is 0 Å². The van der Waals surface area contributed by atoms with Crippen LogP contribution in [0.1, 0.15) is 31.4 Å². The number of rotatable bonds is 4. The van der Waals surface area contributed by atoms with E-state index in [2.05, 4.69) is 39.9 Å². The van der Waals surface area contributed by atoms with Crippen LogP contribution in [0.2, 0.25) is 0 Å². The molecular weight excluding hydrogens is 304 g/mol. The summed E-state index contributed by atoms with van der Waals surface area (Å²) in [5.74, 6) is 0. The third-order valence-corrected chi connectivity index (χ3v) is 4.06. The van der Waals surface area contributed by atoms with Crippen molar-refractivity contribution in [3.05, 3.63) is 34.3 Å². The Morgan fingerprint density at radius 1 is 1.53 bits per heavy atom. The molecule has 4 heteroatoms. The van der Waals surface area contributed by atoms with Crippen molar-refractivity contribution in [3.8, 4) is 0 Å². The van der Waals surface area contributed by atoms with Gasteiger partial charge in [-0.15, -0.1) is 0 Å². The van der Waals surface area contributed by atoms with Gasteiger partial charge in [0.15, 0.2) is 0 Å². The van der Waals surface area contributed by atoms with Gasteiger partial charge in [0.1, 0.15) is 0 Å². The molecular formula is C15H23BrN2O. The van der Waals surface area contributed by atoms with Gasteiger partial charge in [0.05, 0.1) is 6.10 Å². The Kier molecular flexibility index (Phi) is 5.82. The van der Waals surface area contributed by atoms with Crippen LogP contribution in [0.15, 0.2) is 28.7 Å². The van der Waals surface area contributed by atoms with Crippen LogP contribution >= 0.6 is 15.9 Å². The van der Waals surface area contributed by atoms with Crippen LogP contribution in [0.4, 0.5) is 0 Å². The van der Waals surface area contributed by atoms with Gasteiger partial charge in [0, 0.05) is 36.8 Å². The zero-order valence-electron chi connectivity index (χ0n) is 11.5. The first-order valence-corrected chi connectivity index (χ1v) is 7.79. The summed E-state index contributed by atoms with van der Waals surface area (Å²) in [6.45, 7) is 6.21. The Bertz CT molecular complexity index is 399. The maximum Gasteiger partial charge on any atom is 0.0673 e.